The highest BCUT2D eigenvalue weighted by Crippen LogP contribution is 2.51. The lowest BCUT2D eigenvalue weighted by Crippen LogP contribution is -2.15. The van der Waals surface area contributed by atoms with Crippen LogP contribution in [-0.4, -0.2) is 0 Å². The summed E-state index contributed by atoms with van der Waals surface area (Å²) in [4.78, 5) is 4.84. The molecule has 0 amide bonds. The van der Waals surface area contributed by atoms with Gasteiger partial charge < -0.3 is 9.80 Å². The summed E-state index contributed by atoms with van der Waals surface area (Å²) in [6.45, 7) is 18.1. The van der Waals surface area contributed by atoms with Crippen molar-refractivity contribution in [1.29, 1.82) is 0 Å². The van der Waals surface area contributed by atoms with E-state index in [9.17, 15) is 0 Å². The smallest absolute Gasteiger partial charge is 0.0490 e. The molecule has 0 atom stereocenters. The van der Waals surface area contributed by atoms with Gasteiger partial charge >= 0.3 is 0 Å². The van der Waals surface area contributed by atoms with Crippen LogP contribution in [0, 0.1) is 13.8 Å². The zero-order chi connectivity index (χ0) is 38.9. The molecule has 276 valence electrons. The quantitative estimate of drug-likeness (QED) is 0.168. The van der Waals surface area contributed by atoms with Gasteiger partial charge in [-0.1, -0.05) is 114 Å². The molecule has 0 aliphatic heterocycles. The number of anilines is 6. The van der Waals surface area contributed by atoms with E-state index in [-0.39, 0.29) is 10.8 Å². The maximum absolute atomic E-state index is 2.42. The molecular formula is C54H50N2. The number of benzene rings is 8. The van der Waals surface area contributed by atoms with Crippen molar-refractivity contribution in [2.24, 2.45) is 0 Å². The predicted octanol–water partition coefficient (Wildman–Crippen LogP) is 15.8. The second-order valence-electron chi connectivity index (χ2n) is 17.7. The van der Waals surface area contributed by atoms with Crippen LogP contribution in [-0.2, 0) is 10.8 Å². The molecule has 8 aromatic carbocycles. The molecule has 1 aliphatic carbocycles. The Hall–Kier alpha value is -6.12. The van der Waals surface area contributed by atoms with Gasteiger partial charge in [0.2, 0.25) is 0 Å². The summed E-state index contributed by atoms with van der Waals surface area (Å²) < 4.78 is 0. The molecule has 0 spiro atoms. The largest absolute Gasteiger partial charge is 0.310 e. The molecule has 0 N–H and O–H groups in total. The first-order valence-electron chi connectivity index (χ1n) is 19.9. The summed E-state index contributed by atoms with van der Waals surface area (Å²) >= 11 is 0. The average molecular weight is 727 g/mol. The van der Waals surface area contributed by atoms with Crippen LogP contribution in [0.25, 0.3) is 43.8 Å². The van der Waals surface area contributed by atoms with Gasteiger partial charge in [0, 0.05) is 34.1 Å². The van der Waals surface area contributed by atoms with Crippen molar-refractivity contribution in [2.75, 3.05) is 9.80 Å². The first-order chi connectivity index (χ1) is 26.8. The number of hydrogen-bond acceptors (Lipinski definition) is 2. The van der Waals surface area contributed by atoms with E-state index in [0.717, 1.165) is 11.4 Å². The fourth-order valence-electron chi connectivity index (χ4n) is 8.38. The summed E-state index contributed by atoms with van der Waals surface area (Å²) in [6.07, 6.45) is 0. The van der Waals surface area contributed by atoms with Gasteiger partial charge in [0.15, 0.2) is 0 Å². The Labute approximate surface area is 332 Å². The minimum absolute atomic E-state index is 0.0491. The molecule has 9 rings (SSSR count). The van der Waals surface area contributed by atoms with Crippen LogP contribution in [0.3, 0.4) is 0 Å². The molecule has 0 aromatic heterocycles. The van der Waals surface area contributed by atoms with Crippen LogP contribution in [0.4, 0.5) is 34.1 Å². The Morgan fingerprint density at radius 1 is 0.321 bits per heavy atom. The highest BCUT2D eigenvalue weighted by molar-refractivity contribution is 6.12. The third-order valence-corrected chi connectivity index (χ3v) is 11.7. The Balaban J connectivity index is 1.14. The summed E-state index contributed by atoms with van der Waals surface area (Å²) in [7, 11) is 0. The number of nitrogens with zero attached hydrogens (tertiary/aromatic N) is 2. The second kappa shape index (κ2) is 13.3. The van der Waals surface area contributed by atoms with Crippen molar-refractivity contribution in [2.45, 2.75) is 66.2 Å². The van der Waals surface area contributed by atoms with Gasteiger partial charge in [-0.05, 0) is 176 Å². The van der Waals surface area contributed by atoms with Crippen LogP contribution in [0.5, 0.6) is 0 Å². The molecule has 0 heterocycles. The van der Waals surface area contributed by atoms with E-state index in [1.165, 1.54) is 88.8 Å². The van der Waals surface area contributed by atoms with Gasteiger partial charge in [-0.3, -0.25) is 0 Å². The normalized spacial score (nSPS) is 12.3. The maximum atomic E-state index is 2.42. The molecule has 0 saturated heterocycles. The first-order valence-corrected chi connectivity index (χ1v) is 19.9. The summed E-state index contributed by atoms with van der Waals surface area (Å²) in [6, 6.07) is 58.9. The van der Waals surface area contributed by atoms with E-state index in [1.54, 1.807) is 0 Å². The SMILES string of the molecule is Cc1ccccc1N(c1cccc(C(C)(C)C)c1)c1ccc2cc3c(cc2c1)-c1cc2cc(N(c4cccc(C(C)(C)C)c4)c4ccccc4C)ccc2cc1-3. The number of aryl methyl sites for hydroxylation is 2. The molecule has 2 nitrogen and oxygen atoms in total. The highest BCUT2D eigenvalue weighted by Gasteiger charge is 2.26. The Morgan fingerprint density at radius 2 is 0.679 bits per heavy atom. The zero-order valence-corrected chi connectivity index (χ0v) is 33.9. The summed E-state index contributed by atoms with van der Waals surface area (Å²) in [5.74, 6) is 0. The Bertz CT molecular complexity index is 2620. The van der Waals surface area contributed by atoms with Crippen molar-refractivity contribution in [1.82, 2.24) is 0 Å². The minimum atomic E-state index is 0.0491. The number of fused-ring (bicyclic) bond motifs is 6. The first kappa shape index (κ1) is 35.6. The fraction of sp³-hybridized carbons (Fsp3) is 0.185. The molecule has 0 saturated carbocycles. The van der Waals surface area contributed by atoms with E-state index >= 15 is 0 Å². The van der Waals surface area contributed by atoms with E-state index in [2.05, 4.69) is 223 Å². The lowest BCUT2D eigenvalue weighted by Gasteiger charge is -2.30. The molecule has 0 radical (unpaired) electrons. The van der Waals surface area contributed by atoms with Crippen molar-refractivity contribution in [3.63, 3.8) is 0 Å². The highest BCUT2D eigenvalue weighted by atomic mass is 15.1. The van der Waals surface area contributed by atoms with Gasteiger partial charge in [-0.2, -0.15) is 0 Å². The van der Waals surface area contributed by atoms with Crippen molar-refractivity contribution in [3.8, 4) is 22.3 Å². The van der Waals surface area contributed by atoms with Crippen LogP contribution in [0.1, 0.15) is 63.8 Å². The van der Waals surface area contributed by atoms with Crippen molar-refractivity contribution >= 4 is 55.7 Å². The Morgan fingerprint density at radius 3 is 1.05 bits per heavy atom. The number of hydrogen-bond donors (Lipinski definition) is 0. The molecule has 0 unspecified atom stereocenters. The second-order valence-corrected chi connectivity index (χ2v) is 17.7. The molecule has 56 heavy (non-hydrogen) atoms. The summed E-state index contributed by atoms with van der Waals surface area (Å²) in [5.41, 5.74) is 17.6. The molecule has 8 aromatic rings. The molecule has 2 heteroatoms. The van der Waals surface area contributed by atoms with Gasteiger partial charge in [0.05, 0.1) is 0 Å². The molecular weight excluding hydrogens is 677 g/mol. The summed E-state index contributed by atoms with van der Waals surface area (Å²) in [5, 5.41) is 5.01. The van der Waals surface area contributed by atoms with Crippen LogP contribution >= 0.6 is 0 Å². The maximum Gasteiger partial charge on any atom is 0.0490 e. The van der Waals surface area contributed by atoms with Crippen molar-refractivity contribution in [3.05, 3.63) is 180 Å². The topological polar surface area (TPSA) is 6.48 Å². The lowest BCUT2D eigenvalue weighted by molar-refractivity contribution is 0.590. The van der Waals surface area contributed by atoms with Gasteiger partial charge in [0.25, 0.3) is 0 Å². The van der Waals surface area contributed by atoms with E-state index < -0.39 is 0 Å². The fourth-order valence-corrected chi connectivity index (χ4v) is 8.38. The average Bonchev–Trinajstić information content (AvgIpc) is 3.18. The number of rotatable bonds is 6. The van der Waals surface area contributed by atoms with Gasteiger partial charge in [-0.25, -0.2) is 0 Å². The van der Waals surface area contributed by atoms with Crippen LogP contribution < -0.4 is 9.80 Å². The van der Waals surface area contributed by atoms with Crippen LogP contribution in [0.15, 0.2) is 158 Å². The van der Waals surface area contributed by atoms with E-state index in [0.29, 0.717) is 0 Å². The standard InChI is InChI=1S/C54H50N2/c1-35-15-9-11-21-51(35)55(43-19-13-17-41(33-43)53(3,4)5)45-25-23-37-29-47-48-30-38-24-26-46(28-40(38)32-50(48)49(47)31-39(37)27-45)56(52-22-12-10-16-36(52)2)44-20-14-18-42(34-44)54(6,7)8/h9-34H,1-8H3. The van der Waals surface area contributed by atoms with Gasteiger partial charge in [-0.15, -0.1) is 0 Å². The van der Waals surface area contributed by atoms with E-state index in [4.69, 9.17) is 0 Å². The lowest BCUT2D eigenvalue weighted by atomic mass is 9.78. The predicted molar refractivity (Wildman–Crippen MR) is 242 cm³/mol. The molecule has 1 aliphatic rings. The number of para-hydroxylation sites is 2. The molecule has 0 bridgehead atoms. The monoisotopic (exact) mass is 726 g/mol. The Kier molecular flexibility index (Phi) is 8.43. The van der Waals surface area contributed by atoms with Crippen molar-refractivity contribution < 1.29 is 0 Å². The van der Waals surface area contributed by atoms with E-state index in [1.807, 2.05) is 0 Å². The van der Waals surface area contributed by atoms with Gasteiger partial charge in [0.1, 0.15) is 0 Å². The third-order valence-electron chi connectivity index (χ3n) is 11.7. The zero-order valence-electron chi connectivity index (χ0n) is 33.9. The third kappa shape index (κ3) is 6.24. The molecule has 0 fully saturated rings. The minimum Gasteiger partial charge on any atom is -0.310 e. The van der Waals surface area contributed by atoms with Crippen LogP contribution in [0.2, 0.25) is 0 Å².